The van der Waals surface area contributed by atoms with Crippen LogP contribution in [0.1, 0.15) is 25.7 Å². The zero-order chi connectivity index (χ0) is 13.0. The third-order valence-electron chi connectivity index (χ3n) is 3.12. The van der Waals surface area contributed by atoms with Gasteiger partial charge < -0.3 is 15.2 Å². The molecular weight excluding hydrogens is 234 g/mol. The van der Waals surface area contributed by atoms with Crippen molar-refractivity contribution < 1.29 is 19.4 Å². The van der Waals surface area contributed by atoms with Crippen molar-refractivity contribution >= 4 is 12.1 Å². The lowest BCUT2D eigenvalue weighted by atomic mass is 9.74. The normalized spacial score (nSPS) is 16.4. The number of carbonyl (C=O) groups is 2. The van der Waals surface area contributed by atoms with Gasteiger partial charge in [-0.15, -0.1) is 0 Å². The van der Waals surface area contributed by atoms with Crippen molar-refractivity contribution in [3.8, 4) is 5.75 Å². The van der Waals surface area contributed by atoms with Gasteiger partial charge in [-0.05, 0) is 31.4 Å². The molecule has 2 rings (SSSR count). The zero-order valence-corrected chi connectivity index (χ0v) is 9.89. The van der Waals surface area contributed by atoms with Crippen LogP contribution in [0.3, 0.4) is 0 Å². The Bertz CT molecular complexity index is 440. The molecule has 18 heavy (non-hydrogen) atoms. The van der Waals surface area contributed by atoms with Crippen molar-refractivity contribution in [3.05, 3.63) is 30.3 Å². The van der Waals surface area contributed by atoms with E-state index in [-0.39, 0.29) is 6.42 Å². The number of carbonyl (C=O) groups excluding carboxylic acids is 1. The predicted octanol–water partition coefficient (Wildman–Crippen LogP) is 2.17. The van der Waals surface area contributed by atoms with E-state index in [2.05, 4.69) is 5.32 Å². The van der Waals surface area contributed by atoms with Gasteiger partial charge in [0, 0.05) is 0 Å². The fourth-order valence-electron chi connectivity index (χ4n) is 2.08. The number of carboxylic acids is 1. The van der Waals surface area contributed by atoms with Crippen LogP contribution in [0.25, 0.3) is 0 Å². The summed E-state index contributed by atoms with van der Waals surface area (Å²) in [7, 11) is 0. The van der Waals surface area contributed by atoms with Crippen LogP contribution >= 0.6 is 0 Å². The van der Waals surface area contributed by atoms with Gasteiger partial charge in [-0.2, -0.15) is 0 Å². The van der Waals surface area contributed by atoms with Gasteiger partial charge in [-0.1, -0.05) is 18.2 Å². The summed E-state index contributed by atoms with van der Waals surface area (Å²) < 4.78 is 5.08. The number of ether oxygens (including phenoxy) is 1. The molecule has 0 radical (unpaired) electrons. The fraction of sp³-hybridized carbons (Fsp3) is 0.385. The summed E-state index contributed by atoms with van der Waals surface area (Å²) >= 11 is 0. The topological polar surface area (TPSA) is 75.6 Å². The molecule has 1 aromatic rings. The van der Waals surface area contributed by atoms with Gasteiger partial charge in [0.2, 0.25) is 0 Å². The quantitative estimate of drug-likeness (QED) is 0.857. The van der Waals surface area contributed by atoms with E-state index >= 15 is 0 Å². The SMILES string of the molecule is O=C(O)CC1(NC(=O)Oc2ccccc2)CCC1. The first-order valence-electron chi connectivity index (χ1n) is 5.87. The summed E-state index contributed by atoms with van der Waals surface area (Å²) in [6, 6.07) is 8.69. The number of aliphatic carboxylic acids is 1. The van der Waals surface area contributed by atoms with Crippen LogP contribution in [0.4, 0.5) is 4.79 Å². The minimum atomic E-state index is -0.908. The number of hydrogen-bond donors (Lipinski definition) is 2. The van der Waals surface area contributed by atoms with E-state index in [1.165, 1.54) is 0 Å². The highest BCUT2D eigenvalue weighted by Gasteiger charge is 2.40. The van der Waals surface area contributed by atoms with E-state index in [1.807, 2.05) is 6.07 Å². The number of nitrogens with one attached hydrogen (secondary N) is 1. The smallest absolute Gasteiger partial charge is 0.413 e. The Morgan fingerprint density at radius 2 is 1.94 bits per heavy atom. The molecule has 0 heterocycles. The van der Waals surface area contributed by atoms with Gasteiger partial charge in [0.25, 0.3) is 0 Å². The number of hydrogen-bond acceptors (Lipinski definition) is 3. The number of benzene rings is 1. The van der Waals surface area contributed by atoms with E-state index in [1.54, 1.807) is 24.3 Å². The molecule has 1 aromatic carbocycles. The number of amides is 1. The maximum atomic E-state index is 11.7. The van der Waals surface area contributed by atoms with Crippen molar-refractivity contribution in [1.29, 1.82) is 0 Å². The first-order valence-corrected chi connectivity index (χ1v) is 5.87. The van der Waals surface area contributed by atoms with E-state index in [0.717, 1.165) is 6.42 Å². The largest absolute Gasteiger partial charge is 0.481 e. The van der Waals surface area contributed by atoms with E-state index < -0.39 is 17.6 Å². The Labute approximate surface area is 105 Å². The van der Waals surface area contributed by atoms with Crippen LogP contribution in [0.15, 0.2) is 30.3 Å². The summed E-state index contributed by atoms with van der Waals surface area (Å²) in [5, 5.41) is 11.5. The Kier molecular flexibility index (Phi) is 3.50. The third kappa shape index (κ3) is 3.00. The first-order chi connectivity index (χ1) is 8.60. The summed E-state index contributed by atoms with van der Waals surface area (Å²) in [6.07, 6.45) is 1.64. The molecule has 1 saturated carbocycles. The molecule has 0 atom stereocenters. The molecule has 5 nitrogen and oxygen atoms in total. The first kappa shape index (κ1) is 12.4. The van der Waals surface area contributed by atoms with Gasteiger partial charge in [-0.25, -0.2) is 4.79 Å². The summed E-state index contributed by atoms with van der Waals surface area (Å²) in [5.41, 5.74) is -0.627. The van der Waals surface area contributed by atoms with E-state index in [9.17, 15) is 9.59 Å². The molecule has 96 valence electrons. The van der Waals surface area contributed by atoms with Crippen LogP contribution in [-0.4, -0.2) is 22.7 Å². The second-order valence-corrected chi connectivity index (χ2v) is 4.53. The highest BCUT2D eigenvalue weighted by atomic mass is 16.6. The molecule has 2 N–H and O–H groups in total. The van der Waals surface area contributed by atoms with Gasteiger partial charge >= 0.3 is 12.1 Å². The molecule has 1 fully saturated rings. The van der Waals surface area contributed by atoms with Gasteiger partial charge in [-0.3, -0.25) is 4.79 Å². The standard InChI is InChI=1S/C13H15NO4/c15-11(16)9-13(7-4-8-13)14-12(17)18-10-5-2-1-3-6-10/h1-3,5-6H,4,7-9H2,(H,14,17)(H,15,16). The van der Waals surface area contributed by atoms with Crippen molar-refractivity contribution in [3.63, 3.8) is 0 Å². The van der Waals surface area contributed by atoms with Crippen LogP contribution < -0.4 is 10.1 Å². The summed E-state index contributed by atoms with van der Waals surface area (Å²) in [4.78, 5) is 22.4. The van der Waals surface area contributed by atoms with Crippen molar-refractivity contribution in [2.75, 3.05) is 0 Å². The summed E-state index contributed by atoms with van der Waals surface area (Å²) in [6.45, 7) is 0. The molecule has 0 aromatic heterocycles. The Balaban J connectivity index is 1.92. The highest BCUT2D eigenvalue weighted by molar-refractivity contribution is 5.74. The maximum Gasteiger partial charge on any atom is 0.413 e. The maximum absolute atomic E-state index is 11.7. The van der Waals surface area contributed by atoms with Crippen LogP contribution in [-0.2, 0) is 4.79 Å². The van der Waals surface area contributed by atoms with Gasteiger partial charge in [0.05, 0.1) is 12.0 Å². The summed E-state index contributed by atoms with van der Waals surface area (Å²) in [5.74, 6) is -0.463. The fourth-order valence-corrected chi connectivity index (χ4v) is 2.08. The lowest BCUT2D eigenvalue weighted by Gasteiger charge is -2.40. The second kappa shape index (κ2) is 5.08. The average Bonchev–Trinajstić information content (AvgIpc) is 2.26. The molecule has 1 aliphatic carbocycles. The third-order valence-corrected chi connectivity index (χ3v) is 3.12. The van der Waals surface area contributed by atoms with Crippen LogP contribution in [0, 0.1) is 0 Å². The Morgan fingerprint density at radius 1 is 1.28 bits per heavy atom. The minimum absolute atomic E-state index is 0.0586. The molecule has 1 amide bonds. The molecule has 0 spiro atoms. The molecule has 0 aliphatic heterocycles. The lowest BCUT2D eigenvalue weighted by molar-refractivity contribution is -0.139. The van der Waals surface area contributed by atoms with Crippen LogP contribution in [0.5, 0.6) is 5.75 Å². The molecule has 5 heteroatoms. The van der Waals surface area contributed by atoms with Crippen molar-refractivity contribution in [2.45, 2.75) is 31.2 Å². The molecular formula is C13H15NO4. The molecule has 0 unspecified atom stereocenters. The Hall–Kier alpha value is -2.04. The molecule has 0 saturated heterocycles. The van der Waals surface area contributed by atoms with E-state index in [4.69, 9.17) is 9.84 Å². The highest BCUT2D eigenvalue weighted by Crippen LogP contribution is 2.35. The number of carboxylic acid groups (broad SMARTS) is 1. The van der Waals surface area contributed by atoms with Gasteiger partial charge in [0.1, 0.15) is 5.75 Å². The van der Waals surface area contributed by atoms with Crippen LogP contribution in [0.2, 0.25) is 0 Å². The zero-order valence-electron chi connectivity index (χ0n) is 9.89. The molecule has 1 aliphatic rings. The van der Waals surface area contributed by atoms with E-state index in [0.29, 0.717) is 18.6 Å². The lowest BCUT2D eigenvalue weighted by Crippen LogP contribution is -2.55. The van der Waals surface area contributed by atoms with Crippen molar-refractivity contribution in [1.82, 2.24) is 5.32 Å². The average molecular weight is 249 g/mol. The van der Waals surface area contributed by atoms with Gasteiger partial charge in [0.15, 0.2) is 0 Å². The number of rotatable bonds is 4. The monoisotopic (exact) mass is 249 g/mol. The molecule has 0 bridgehead atoms. The second-order valence-electron chi connectivity index (χ2n) is 4.53. The predicted molar refractivity (Wildman–Crippen MR) is 64.4 cm³/mol. The van der Waals surface area contributed by atoms with Crippen molar-refractivity contribution in [2.24, 2.45) is 0 Å². The Morgan fingerprint density at radius 3 is 2.44 bits per heavy atom. The number of para-hydroxylation sites is 1. The minimum Gasteiger partial charge on any atom is -0.481 e.